The summed E-state index contributed by atoms with van der Waals surface area (Å²) < 4.78 is 5.61. The van der Waals surface area contributed by atoms with Crippen molar-refractivity contribution in [3.05, 3.63) is 17.0 Å². The Morgan fingerprint density at radius 1 is 1.36 bits per heavy atom. The van der Waals surface area contributed by atoms with Gasteiger partial charge in [0.1, 0.15) is 11.4 Å². The van der Waals surface area contributed by atoms with Crippen LogP contribution in [-0.2, 0) is 12.8 Å². The fourth-order valence-electron chi connectivity index (χ4n) is 1.82. The van der Waals surface area contributed by atoms with Crippen molar-refractivity contribution >= 4 is 0 Å². The predicted molar refractivity (Wildman–Crippen MR) is 54.5 cm³/mol. The Morgan fingerprint density at radius 2 is 2.14 bits per heavy atom. The number of nitrogens with zero attached hydrogens (tertiary/aromatic N) is 2. The Bertz CT molecular complexity index is 347. The first kappa shape index (κ1) is 9.44. The molecule has 3 heteroatoms. The molecule has 1 aromatic rings. The highest BCUT2D eigenvalue weighted by atomic mass is 16.5. The minimum absolute atomic E-state index is 0.598. The maximum Gasteiger partial charge on any atom is 0.147 e. The average Bonchev–Trinajstić information content (AvgIpc) is 2.58. The molecule has 0 saturated heterocycles. The summed E-state index contributed by atoms with van der Waals surface area (Å²) in [5, 5.41) is 8.39. The molecule has 1 aromatic heterocycles. The number of hydrogen-bond acceptors (Lipinski definition) is 3. The van der Waals surface area contributed by atoms with Gasteiger partial charge in [-0.3, -0.25) is 0 Å². The van der Waals surface area contributed by atoms with Crippen molar-refractivity contribution in [2.24, 2.45) is 5.92 Å². The Labute approximate surface area is 84.5 Å². The second-order valence-electron chi connectivity index (χ2n) is 4.24. The zero-order valence-electron chi connectivity index (χ0n) is 9.00. The van der Waals surface area contributed by atoms with Gasteiger partial charge in [0, 0.05) is 12.0 Å². The molecule has 0 unspecified atom stereocenters. The van der Waals surface area contributed by atoms with Crippen molar-refractivity contribution in [2.45, 2.75) is 33.6 Å². The van der Waals surface area contributed by atoms with Gasteiger partial charge in [0.05, 0.1) is 12.3 Å². The highest BCUT2D eigenvalue weighted by molar-refractivity contribution is 5.41. The summed E-state index contributed by atoms with van der Waals surface area (Å²) in [6.45, 7) is 7.15. The Hall–Kier alpha value is -1.12. The van der Waals surface area contributed by atoms with E-state index in [1.54, 1.807) is 0 Å². The standard InChI is InChI=1S/C11H16N2O/c1-7(2)6-10-11-9(4-5-14-11)8(3)12-13-10/h7H,4-6H2,1-3H3. The fraction of sp³-hybridized carbons (Fsp3) is 0.636. The van der Waals surface area contributed by atoms with E-state index < -0.39 is 0 Å². The van der Waals surface area contributed by atoms with Crippen LogP contribution in [0.3, 0.4) is 0 Å². The van der Waals surface area contributed by atoms with Gasteiger partial charge >= 0.3 is 0 Å². The molecule has 14 heavy (non-hydrogen) atoms. The van der Waals surface area contributed by atoms with Crippen LogP contribution in [0, 0.1) is 12.8 Å². The van der Waals surface area contributed by atoms with E-state index in [4.69, 9.17) is 4.74 Å². The summed E-state index contributed by atoms with van der Waals surface area (Å²) >= 11 is 0. The minimum atomic E-state index is 0.598. The van der Waals surface area contributed by atoms with E-state index in [1.807, 2.05) is 6.92 Å². The highest BCUT2D eigenvalue weighted by Crippen LogP contribution is 2.30. The van der Waals surface area contributed by atoms with Gasteiger partial charge in [0.2, 0.25) is 0 Å². The number of rotatable bonds is 2. The smallest absolute Gasteiger partial charge is 0.147 e. The lowest BCUT2D eigenvalue weighted by Crippen LogP contribution is -2.03. The molecule has 2 rings (SSSR count). The van der Waals surface area contributed by atoms with Crippen molar-refractivity contribution in [1.29, 1.82) is 0 Å². The van der Waals surface area contributed by atoms with Crippen molar-refractivity contribution in [3.8, 4) is 5.75 Å². The van der Waals surface area contributed by atoms with E-state index in [2.05, 4.69) is 24.0 Å². The third-order valence-corrected chi connectivity index (χ3v) is 2.49. The quantitative estimate of drug-likeness (QED) is 0.718. The van der Waals surface area contributed by atoms with E-state index >= 15 is 0 Å². The molecule has 0 spiro atoms. The largest absolute Gasteiger partial charge is 0.491 e. The van der Waals surface area contributed by atoms with Gasteiger partial charge in [-0.15, -0.1) is 0 Å². The van der Waals surface area contributed by atoms with Crippen LogP contribution in [0.25, 0.3) is 0 Å². The maximum atomic E-state index is 5.61. The van der Waals surface area contributed by atoms with Crippen LogP contribution in [0.2, 0.25) is 0 Å². The summed E-state index contributed by atoms with van der Waals surface area (Å²) in [7, 11) is 0. The number of aromatic nitrogens is 2. The van der Waals surface area contributed by atoms with E-state index in [0.29, 0.717) is 5.92 Å². The van der Waals surface area contributed by atoms with Crippen LogP contribution in [-0.4, -0.2) is 16.8 Å². The lowest BCUT2D eigenvalue weighted by atomic mass is 10.0. The second kappa shape index (κ2) is 3.56. The van der Waals surface area contributed by atoms with Crippen molar-refractivity contribution in [2.75, 3.05) is 6.61 Å². The summed E-state index contributed by atoms with van der Waals surface area (Å²) in [6.07, 6.45) is 1.94. The number of hydrogen-bond donors (Lipinski definition) is 0. The molecule has 0 atom stereocenters. The normalized spacial score (nSPS) is 14.3. The summed E-state index contributed by atoms with van der Waals surface area (Å²) in [6, 6.07) is 0. The van der Waals surface area contributed by atoms with Gasteiger partial charge < -0.3 is 4.74 Å². The number of fused-ring (bicyclic) bond motifs is 1. The molecule has 2 heterocycles. The molecule has 3 nitrogen and oxygen atoms in total. The van der Waals surface area contributed by atoms with Gasteiger partial charge in [-0.1, -0.05) is 13.8 Å². The first-order valence-electron chi connectivity index (χ1n) is 5.16. The Kier molecular flexibility index (Phi) is 2.40. The predicted octanol–water partition coefficient (Wildman–Crippen LogP) is 1.92. The zero-order valence-corrected chi connectivity index (χ0v) is 9.00. The third-order valence-electron chi connectivity index (χ3n) is 2.49. The van der Waals surface area contributed by atoms with Gasteiger partial charge in [0.15, 0.2) is 0 Å². The summed E-state index contributed by atoms with van der Waals surface area (Å²) in [5.74, 6) is 1.60. The van der Waals surface area contributed by atoms with Crippen molar-refractivity contribution in [1.82, 2.24) is 10.2 Å². The monoisotopic (exact) mass is 192 g/mol. The zero-order chi connectivity index (χ0) is 10.1. The van der Waals surface area contributed by atoms with E-state index in [9.17, 15) is 0 Å². The van der Waals surface area contributed by atoms with Gasteiger partial charge in [-0.25, -0.2) is 0 Å². The van der Waals surface area contributed by atoms with E-state index in [-0.39, 0.29) is 0 Å². The lowest BCUT2D eigenvalue weighted by Gasteiger charge is -2.09. The topological polar surface area (TPSA) is 35.0 Å². The molecule has 0 saturated carbocycles. The first-order chi connectivity index (χ1) is 6.68. The van der Waals surface area contributed by atoms with Crippen LogP contribution < -0.4 is 4.74 Å². The van der Waals surface area contributed by atoms with Crippen LogP contribution in [0.5, 0.6) is 5.75 Å². The highest BCUT2D eigenvalue weighted by Gasteiger charge is 2.21. The Balaban J connectivity index is 2.38. The molecular formula is C11H16N2O. The van der Waals surface area contributed by atoms with Crippen LogP contribution in [0.1, 0.15) is 30.8 Å². The molecule has 0 radical (unpaired) electrons. The number of aryl methyl sites for hydroxylation is 1. The van der Waals surface area contributed by atoms with Gasteiger partial charge in [-0.2, -0.15) is 10.2 Å². The lowest BCUT2D eigenvalue weighted by molar-refractivity contribution is 0.349. The molecular weight excluding hydrogens is 176 g/mol. The first-order valence-corrected chi connectivity index (χ1v) is 5.16. The van der Waals surface area contributed by atoms with Crippen LogP contribution >= 0.6 is 0 Å². The van der Waals surface area contributed by atoms with Gasteiger partial charge in [-0.05, 0) is 19.3 Å². The van der Waals surface area contributed by atoms with Crippen LogP contribution in [0.4, 0.5) is 0 Å². The second-order valence-corrected chi connectivity index (χ2v) is 4.24. The molecule has 0 amide bonds. The fourth-order valence-corrected chi connectivity index (χ4v) is 1.82. The molecule has 0 fully saturated rings. The summed E-state index contributed by atoms with van der Waals surface area (Å²) in [4.78, 5) is 0. The molecule has 1 aliphatic rings. The average molecular weight is 192 g/mol. The van der Waals surface area contributed by atoms with Crippen molar-refractivity contribution in [3.63, 3.8) is 0 Å². The van der Waals surface area contributed by atoms with E-state index in [0.717, 1.165) is 36.6 Å². The molecule has 0 bridgehead atoms. The van der Waals surface area contributed by atoms with Crippen LogP contribution in [0.15, 0.2) is 0 Å². The Morgan fingerprint density at radius 3 is 2.86 bits per heavy atom. The minimum Gasteiger partial charge on any atom is -0.491 e. The third kappa shape index (κ3) is 1.59. The molecule has 0 aromatic carbocycles. The SMILES string of the molecule is Cc1nnc(CC(C)C)c2c1CCO2. The number of ether oxygens (including phenoxy) is 1. The van der Waals surface area contributed by atoms with Crippen molar-refractivity contribution < 1.29 is 4.74 Å². The van der Waals surface area contributed by atoms with Gasteiger partial charge in [0.25, 0.3) is 0 Å². The van der Waals surface area contributed by atoms with E-state index in [1.165, 1.54) is 5.56 Å². The molecule has 0 N–H and O–H groups in total. The molecule has 1 aliphatic heterocycles. The molecule has 76 valence electrons. The molecule has 0 aliphatic carbocycles. The summed E-state index contributed by atoms with van der Waals surface area (Å²) in [5.41, 5.74) is 3.30. The maximum absolute atomic E-state index is 5.61.